The molecule has 0 saturated carbocycles. The fraction of sp³-hybridized carbons (Fsp3) is 0.273. The van der Waals surface area contributed by atoms with E-state index in [4.69, 9.17) is 27.6 Å². The van der Waals surface area contributed by atoms with Gasteiger partial charge in [-0.1, -0.05) is 18.5 Å². The molecule has 2 aromatic rings. The first-order chi connectivity index (χ1) is 6.76. The van der Waals surface area contributed by atoms with E-state index in [1.54, 1.807) is 0 Å². The Hall–Kier alpha value is -0.660. The van der Waals surface area contributed by atoms with E-state index in [1.807, 2.05) is 18.2 Å². The zero-order valence-corrected chi connectivity index (χ0v) is 9.32. The van der Waals surface area contributed by atoms with Gasteiger partial charge in [0.15, 0.2) is 0 Å². The Morgan fingerprint density at radius 2 is 2.14 bits per heavy atom. The lowest BCUT2D eigenvalue weighted by Crippen LogP contribution is -1.82. The van der Waals surface area contributed by atoms with Crippen LogP contribution in [0, 0.1) is 0 Å². The van der Waals surface area contributed by atoms with Crippen molar-refractivity contribution in [2.24, 2.45) is 0 Å². The van der Waals surface area contributed by atoms with Gasteiger partial charge in [-0.2, -0.15) is 0 Å². The van der Waals surface area contributed by atoms with Crippen LogP contribution < -0.4 is 0 Å². The van der Waals surface area contributed by atoms with Crippen LogP contribution in [-0.4, -0.2) is 0 Å². The van der Waals surface area contributed by atoms with Crippen LogP contribution in [0.1, 0.15) is 18.2 Å². The number of alkyl halides is 1. The summed E-state index contributed by atoms with van der Waals surface area (Å²) in [5, 5.41) is 1.75. The molecule has 2 rings (SSSR count). The van der Waals surface area contributed by atoms with E-state index < -0.39 is 0 Å². The van der Waals surface area contributed by atoms with Crippen LogP contribution in [0.5, 0.6) is 0 Å². The molecule has 0 spiro atoms. The number of halogens is 2. The molecule has 0 saturated heterocycles. The zero-order chi connectivity index (χ0) is 10.1. The molecule has 0 aliphatic rings. The summed E-state index contributed by atoms with van der Waals surface area (Å²) < 4.78 is 5.65. The molecule has 1 nitrogen and oxygen atoms in total. The third-order valence-corrected chi connectivity index (χ3v) is 2.79. The van der Waals surface area contributed by atoms with Gasteiger partial charge in [-0.15, -0.1) is 11.6 Å². The minimum Gasteiger partial charge on any atom is -0.461 e. The lowest BCUT2D eigenvalue weighted by molar-refractivity contribution is 0.552. The quantitative estimate of drug-likeness (QED) is 0.696. The van der Waals surface area contributed by atoms with Gasteiger partial charge in [-0.3, -0.25) is 0 Å². The summed E-state index contributed by atoms with van der Waals surface area (Å²) in [5.74, 6) is 1.42. The zero-order valence-electron chi connectivity index (χ0n) is 7.81. The average Bonchev–Trinajstić information content (AvgIpc) is 2.54. The van der Waals surface area contributed by atoms with Crippen LogP contribution in [0.3, 0.4) is 0 Å². The van der Waals surface area contributed by atoms with Crippen LogP contribution in [0.15, 0.2) is 22.6 Å². The molecule has 3 heteroatoms. The Morgan fingerprint density at radius 1 is 1.36 bits per heavy atom. The molecular weight excluding hydrogens is 219 g/mol. The van der Waals surface area contributed by atoms with Crippen LogP contribution in [0.4, 0.5) is 0 Å². The monoisotopic (exact) mass is 228 g/mol. The maximum Gasteiger partial charge on any atom is 0.134 e. The predicted molar refractivity (Wildman–Crippen MR) is 60.2 cm³/mol. The number of fused-ring (bicyclic) bond motifs is 1. The Labute approximate surface area is 92.6 Å². The number of benzene rings is 1. The maximum absolute atomic E-state index is 5.92. The number of hydrogen-bond acceptors (Lipinski definition) is 1. The number of rotatable bonds is 2. The number of furan rings is 1. The minimum atomic E-state index is 0.469. The van der Waals surface area contributed by atoms with Crippen molar-refractivity contribution in [1.29, 1.82) is 0 Å². The van der Waals surface area contributed by atoms with E-state index in [0.29, 0.717) is 10.9 Å². The normalized spacial score (nSPS) is 11.1. The highest BCUT2D eigenvalue weighted by Crippen LogP contribution is 2.29. The van der Waals surface area contributed by atoms with Crippen LogP contribution in [-0.2, 0) is 12.3 Å². The van der Waals surface area contributed by atoms with Crippen molar-refractivity contribution in [2.45, 2.75) is 19.2 Å². The standard InChI is InChI=1S/C11H10Cl2O/c1-2-10-9(6-12)8-5-7(13)3-4-11(8)14-10/h3-5H,2,6H2,1H3. The molecule has 0 aliphatic heterocycles. The van der Waals surface area contributed by atoms with Crippen LogP contribution >= 0.6 is 23.2 Å². The SMILES string of the molecule is CCc1oc2ccc(Cl)cc2c1CCl. The largest absolute Gasteiger partial charge is 0.461 e. The average molecular weight is 229 g/mol. The molecule has 0 atom stereocenters. The highest BCUT2D eigenvalue weighted by Gasteiger charge is 2.11. The van der Waals surface area contributed by atoms with Gasteiger partial charge in [0.2, 0.25) is 0 Å². The van der Waals surface area contributed by atoms with Gasteiger partial charge >= 0.3 is 0 Å². The first kappa shape index (κ1) is 9.88. The van der Waals surface area contributed by atoms with Crippen molar-refractivity contribution in [3.05, 3.63) is 34.5 Å². The summed E-state index contributed by atoms with van der Waals surface area (Å²) in [6.45, 7) is 2.05. The Bertz CT molecular complexity index is 460. The summed E-state index contributed by atoms with van der Waals surface area (Å²) in [4.78, 5) is 0. The molecule has 74 valence electrons. The van der Waals surface area contributed by atoms with E-state index in [1.165, 1.54) is 0 Å². The highest BCUT2D eigenvalue weighted by molar-refractivity contribution is 6.31. The van der Waals surface area contributed by atoms with Gasteiger partial charge in [0.1, 0.15) is 11.3 Å². The van der Waals surface area contributed by atoms with Crippen molar-refractivity contribution >= 4 is 34.2 Å². The summed E-state index contributed by atoms with van der Waals surface area (Å²) in [7, 11) is 0. The fourth-order valence-corrected chi connectivity index (χ4v) is 2.07. The van der Waals surface area contributed by atoms with Crippen molar-refractivity contribution in [2.75, 3.05) is 0 Å². The molecule has 0 aliphatic carbocycles. The lowest BCUT2D eigenvalue weighted by Gasteiger charge is -1.94. The molecule has 0 bridgehead atoms. The predicted octanol–water partition coefficient (Wildman–Crippen LogP) is 4.39. The van der Waals surface area contributed by atoms with Gasteiger partial charge in [0.05, 0.1) is 5.88 Å². The van der Waals surface area contributed by atoms with Crippen molar-refractivity contribution in [1.82, 2.24) is 0 Å². The van der Waals surface area contributed by atoms with Gasteiger partial charge in [0, 0.05) is 22.4 Å². The van der Waals surface area contributed by atoms with E-state index >= 15 is 0 Å². The molecular formula is C11H10Cl2O. The second kappa shape index (κ2) is 3.84. The molecule has 1 aromatic heterocycles. The second-order valence-electron chi connectivity index (χ2n) is 3.13. The van der Waals surface area contributed by atoms with Gasteiger partial charge in [-0.25, -0.2) is 0 Å². The third kappa shape index (κ3) is 1.51. The van der Waals surface area contributed by atoms with E-state index in [0.717, 1.165) is 28.7 Å². The first-order valence-electron chi connectivity index (χ1n) is 4.52. The Kier molecular flexibility index (Phi) is 2.71. The molecule has 0 radical (unpaired) electrons. The molecule has 1 aromatic carbocycles. The lowest BCUT2D eigenvalue weighted by atomic mass is 10.1. The summed E-state index contributed by atoms with van der Waals surface area (Å²) >= 11 is 11.8. The molecule has 1 heterocycles. The minimum absolute atomic E-state index is 0.469. The topological polar surface area (TPSA) is 13.1 Å². The molecule has 14 heavy (non-hydrogen) atoms. The van der Waals surface area contributed by atoms with Crippen LogP contribution in [0.25, 0.3) is 11.0 Å². The van der Waals surface area contributed by atoms with Crippen molar-refractivity contribution < 1.29 is 4.42 Å². The second-order valence-corrected chi connectivity index (χ2v) is 3.84. The summed E-state index contributed by atoms with van der Waals surface area (Å²) in [6, 6.07) is 5.61. The van der Waals surface area contributed by atoms with Crippen molar-refractivity contribution in [3.8, 4) is 0 Å². The third-order valence-electron chi connectivity index (χ3n) is 2.29. The first-order valence-corrected chi connectivity index (χ1v) is 5.43. The van der Waals surface area contributed by atoms with E-state index in [9.17, 15) is 0 Å². The number of hydrogen-bond donors (Lipinski definition) is 0. The summed E-state index contributed by atoms with van der Waals surface area (Å²) in [5.41, 5.74) is 1.92. The Balaban J connectivity index is 2.74. The van der Waals surface area contributed by atoms with Gasteiger partial charge < -0.3 is 4.42 Å². The number of aryl methyl sites for hydroxylation is 1. The van der Waals surface area contributed by atoms with E-state index in [-0.39, 0.29) is 0 Å². The summed E-state index contributed by atoms with van der Waals surface area (Å²) in [6.07, 6.45) is 0.856. The molecule has 0 unspecified atom stereocenters. The highest BCUT2D eigenvalue weighted by atomic mass is 35.5. The van der Waals surface area contributed by atoms with Gasteiger partial charge in [0.25, 0.3) is 0 Å². The van der Waals surface area contributed by atoms with Gasteiger partial charge in [-0.05, 0) is 18.2 Å². The molecule has 0 N–H and O–H groups in total. The smallest absolute Gasteiger partial charge is 0.134 e. The van der Waals surface area contributed by atoms with Crippen LogP contribution in [0.2, 0.25) is 5.02 Å². The fourth-order valence-electron chi connectivity index (χ4n) is 1.60. The Morgan fingerprint density at radius 3 is 2.79 bits per heavy atom. The maximum atomic E-state index is 5.92. The van der Waals surface area contributed by atoms with E-state index in [2.05, 4.69) is 6.92 Å². The molecule has 0 amide bonds. The van der Waals surface area contributed by atoms with Crippen molar-refractivity contribution in [3.63, 3.8) is 0 Å². The molecule has 0 fully saturated rings.